The van der Waals surface area contributed by atoms with Crippen molar-refractivity contribution in [2.24, 2.45) is 0 Å². The van der Waals surface area contributed by atoms with Crippen molar-refractivity contribution in [3.8, 4) is 0 Å². The summed E-state index contributed by atoms with van der Waals surface area (Å²) in [7, 11) is 0. The summed E-state index contributed by atoms with van der Waals surface area (Å²) in [6, 6.07) is 13.3. The van der Waals surface area contributed by atoms with Crippen molar-refractivity contribution in [3.63, 3.8) is 0 Å². The molecule has 1 aliphatic heterocycles. The summed E-state index contributed by atoms with van der Waals surface area (Å²) >= 11 is 0. The molecule has 0 saturated carbocycles. The van der Waals surface area contributed by atoms with Gasteiger partial charge in [-0.3, -0.25) is 0 Å². The largest absolute Gasteiger partial charge is 0.367 e. The Kier molecular flexibility index (Phi) is 5.83. The third-order valence-electron chi connectivity index (χ3n) is 4.43. The third-order valence-corrected chi connectivity index (χ3v) is 4.43. The van der Waals surface area contributed by atoms with Crippen LogP contribution in [0, 0.1) is 11.6 Å². The van der Waals surface area contributed by atoms with Gasteiger partial charge in [0.1, 0.15) is 17.7 Å². The van der Waals surface area contributed by atoms with Gasteiger partial charge < -0.3 is 15.0 Å². The Hall–Kier alpha value is -2.47. The highest BCUT2D eigenvalue weighted by atomic mass is 19.1. The van der Waals surface area contributed by atoms with Crippen LogP contribution in [0.1, 0.15) is 24.2 Å². The summed E-state index contributed by atoms with van der Waals surface area (Å²) in [5.74, 6) is -1.19. The Labute approximate surface area is 151 Å². The Morgan fingerprint density at radius 2 is 1.81 bits per heavy atom. The van der Waals surface area contributed by atoms with Crippen LogP contribution in [0.4, 0.5) is 13.6 Å². The summed E-state index contributed by atoms with van der Waals surface area (Å²) in [5, 5.41) is 2.75. The lowest BCUT2D eigenvalue weighted by Crippen LogP contribution is -2.50. The lowest BCUT2D eigenvalue weighted by molar-refractivity contribution is -0.0656. The van der Waals surface area contributed by atoms with Gasteiger partial charge in [-0.25, -0.2) is 13.6 Å². The number of carbonyl (C=O) groups excluding carboxylic acids is 1. The highest BCUT2D eigenvalue weighted by Gasteiger charge is 2.29. The third kappa shape index (κ3) is 4.38. The number of hydrogen-bond acceptors (Lipinski definition) is 2. The molecule has 2 aromatic rings. The van der Waals surface area contributed by atoms with E-state index in [1.54, 1.807) is 4.90 Å². The lowest BCUT2D eigenvalue weighted by atomic mass is 10.1. The topological polar surface area (TPSA) is 41.6 Å². The van der Waals surface area contributed by atoms with Crippen molar-refractivity contribution < 1.29 is 18.3 Å². The number of rotatable bonds is 4. The molecule has 3 rings (SSSR count). The van der Waals surface area contributed by atoms with Gasteiger partial charge >= 0.3 is 6.03 Å². The molecular formula is C20H22F2N2O2. The molecule has 26 heavy (non-hydrogen) atoms. The van der Waals surface area contributed by atoms with Crippen LogP contribution in [0.15, 0.2) is 48.5 Å². The molecule has 0 unspecified atom stereocenters. The monoisotopic (exact) mass is 360 g/mol. The zero-order valence-electron chi connectivity index (χ0n) is 14.6. The molecule has 1 aliphatic rings. The molecule has 2 aromatic carbocycles. The first kappa shape index (κ1) is 18.3. The number of urea groups is 1. The van der Waals surface area contributed by atoms with Crippen molar-refractivity contribution in [1.29, 1.82) is 0 Å². The van der Waals surface area contributed by atoms with Crippen molar-refractivity contribution in [2.45, 2.75) is 25.6 Å². The van der Waals surface area contributed by atoms with Gasteiger partial charge in [0.05, 0.1) is 12.6 Å². The maximum Gasteiger partial charge on any atom is 0.317 e. The number of amides is 2. The van der Waals surface area contributed by atoms with Crippen molar-refractivity contribution in [2.75, 3.05) is 19.6 Å². The number of nitrogens with one attached hydrogen (secondary N) is 1. The molecule has 0 spiro atoms. The minimum absolute atomic E-state index is 0.00897. The molecule has 0 aliphatic carbocycles. The van der Waals surface area contributed by atoms with Crippen LogP contribution >= 0.6 is 0 Å². The standard InChI is InChI=1S/C20H22F2N2O2/c1-14-12-24(13-19(26-14)15-6-3-2-4-7-15)20(25)23-11-10-16-17(21)8-5-9-18(16)22/h2-9,14,19H,10-13H2,1H3,(H,23,25)/t14-,19+/m1/s1. The first-order valence-corrected chi connectivity index (χ1v) is 8.70. The van der Waals surface area contributed by atoms with E-state index in [1.807, 2.05) is 37.3 Å². The fraction of sp³-hybridized carbons (Fsp3) is 0.350. The van der Waals surface area contributed by atoms with Gasteiger partial charge in [0.2, 0.25) is 0 Å². The highest BCUT2D eigenvalue weighted by Crippen LogP contribution is 2.25. The van der Waals surface area contributed by atoms with Gasteiger partial charge in [-0.2, -0.15) is 0 Å². The summed E-state index contributed by atoms with van der Waals surface area (Å²) in [4.78, 5) is 14.1. The predicted octanol–water partition coefficient (Wildman–Crippen LogP) is 3.68. The van der Waals surface area contributed by atoms with E-state index in [0.29, 0.717) is 13.1 Å². The first-order valence-electron chi connectivity index (χ1n) is 8.70. The molecule has 1 saturated heterocycles. The maximum absolute atomic E-state index is 13.6. The van der Waals surface area contributed by atoms with Gasteiger partial charge in [0, 0.05) is 18.7 Å². The van der Waals surface area contributed by atoms with Gasteiger partial charge in [0.15, 0.2) is 0 Å². The number of morpholine rings is 1. The van der Waals surface area contributed by atoms with Gasteiger partial charge in [-0.1, -0.05) is 36.4 Å². The number of halogens is 2. The quantitative estimate of drug-likeness (QED) is 0.904. The van der Waals surface area contributed by atoms with Crippen LogP contribution in [-0.2, 0) is 11.2 Å². The summed E-state index contributed by atoms with van der Waals surface area (Å²) in [6.07, 6.45) is -0.176. The number of hydrogen-bond donors (Lipinski definition) is 1. The normalized spacial score (nSPS) is 20.0. The molecule has 138 valence electrons. The molecule has 1 fully saturated rings. The Morgan fingerprint density at radius 1 is 1.12 bits per heavy atom. The van der Waals surface area contributed by atoms with Crippen LogP contribution in [-0.4, -0.2) is 36.7 Å². The first-order chi connectivity index (χ1) is 12.5. The Balaban J connectivity index is 1.57. The van der Waals surface area contributed by atoms with E-state index in [9.17, 15) is 13.6 Å². The second-order valence-electron chi connectivity index (χ2n) is 6.43. The molecular weight excluding hydrogens is 338 g/mol. The van der Waals surface area contributed by atoms with E-state index in [2.05, 4.69) is 5.32 Å². The Bertz CT molecular complexity index is 734. The second-order valence-corrected chi connectivity index (χ2v) is 6.43. The molecule has 2 amide bonds. The number of ether oxygens (including phenoxy) is 1. The van der Waals surface area contributed by atoms with E-state index in [1.165, 1.54) is 18.2 Å². The highest BCUT2D eigenvalue weighted by molar-refractivity contribution is 5.74. The fourth-order valence-corrected chi connectivity index (χ4v) is 3.15. The molecule has 1 N–H and O–H groups in total. The van der Waals surface area contributed by atoms with E-state index >= 15 is 0 Å². The predicted molar refractivity (Wildman–Crippen MR) is 94.8 cm³/mol. The summed E-state index contributed by atoms with van der Waals surface area (Å²) in [5.41, 5.74) is 1.01. The van der Waals surface area contributed by atoms with Gasteiger partial charge in [-0.05, 0) is 31.0 Å². The van der Waals surface area contributed by atoms with Crippen LogP contribution < -0.4 is 5.32 Å². The Morgan fingerprint density at radius 3 is 2.50 bits per heavy atom. The van der Waals surface area contributed by atoms with Crippen LogP contribution in [0.5, 0.6) is 0 Å². The second kappa shape index (κ2) is 8.27. The zero-order chi connectivity index (χ0) is 18.5. The van der Waals surface area contributed by atoms with E-state index in [4.69, 9.17) is 4.74 Å². The van der Waals surface area contributed by atoms with Crippen LogP contribution in [0.3, 0.4) is 0 Å². The van der Waals surface area contributed by atoms with Gasteiger partial charge in [0.25, 0.3) is 0 Å². The number of benzene rings is 2. The van der Waals surface area contributed by atoms with Gasteiger partial charge in [-0.15, -0.1) is 0 Å². The van der Waals surface area contributed by atoms with Crippen molar-refractivity contribution in [1.82, 2.24) is 10.2 Å². The molecule has 1 heterocycles. The zero-order valence-corrected chi connectivity index (χ0v) is 14.6. The van der Waals surface area contributed by atoms with Crippen molar-refractivity contribution >= 4 is 6.03 Å². The SMILES string of the molecule is C[C@@H]1CN(C(=O)NCCc2c(F)cccc2F)C[C@@H](c2ccccc2)O1. The van der Waals surface area contributed by atoms with Crippen LogP contribution in [0.2, 0.25) is 0 Å². The molecule has 2 atom stereocenters. The minimum atomic E-state index is -0.594. The number of carbonyl (C=O) groups is 1. The molecule has 0 radical (unpaired) electrons. The average Bonchev–Trinajstić information content (AvgIpc) is 2.64. The average molecular weight is 360 g/mol. The van der Waals surface area contributed by atoms with Crippen molar-refractivity contribution in [3.05, 3.63) is 71.3 Å². The lowest BCUT2D eigenvalue weighted by Gasteiger charge is -2.37. The summed E-state index contributed by atoms with van der Waals surface area (Å²) in [6.45, 7) is 3.00. The molecule has 0 bridgehead atoms. The van der Waals surface area contributed by atoms with E-state index in [0.717, 1.165) is 5.56 Å². The maximum atomic E-state index is 13.6. The molecule has 0 aromatic heterocycles. The molecule has 4 nitrogen and oxygen atoms in total. The minimum Gasteiger partial charge on any atom is -0.367 e. The van der Waals surface area contributed by atoms with E-state index in [-0.39, 0.29) is 36.8 Å². The smallest absolute Gasteiger partial charge is 0.317 e. The summed E-state index contributed by atoms with van der Waals surface area (Å²) < 4.78 is 33.2. The molecule has 6 heteroatoms. The van der Waals surface area contributed by atoms with E-state index < -0.39 is 11.6 Å². The fourth-order valence-electron chi connectivity index (χ4n) is 3.15. The van der Waals surface area contributed by atoms with Crippen LogP contribution in [0.25, 0.3) is 0 Å². The number of nitrogens with zero attached hydrogens (tertiary/aromatic N) is 1.